The molecule has 0 spiro atoms. The first kappa shape index (κ1) is 18.1. The van der Waals surface area contributed by atoms with E-state index in [0.717, 1.165) is 0 Å². The second-order valence-corrected chi connectivity index (χ2v) is 9.14. The van der Waals surface area contributed by atoms with Crippen LogP contribution in [0.4, 0.5) is 0 Å². The molecule has 0 aliphatic rings. The highest BCUT2D eigenvalue weighted by Crippen LogP contribution is 2.40. The van der Waals surface area contributed by atoms with Gasteiger partial charge in [-0.3, -0.25) is 0 Å². The summed E-state index contributed by atoms with van der Waals surface area (Å²) in [6, 6.07) is 26.9. The van der Waals surface area contributed by atoms with Crippen molar-refractivity contribution in [3.05, 3.63) is 95.1 Å². The van der Waals surface area contributed by atoms with Crippen molar-refractivity contribution in [1.29, 1.82) is 0 Å². The third-order valence-electron chi connectivity index (χ3n) is 6.02. The molecule has 0 saturated heterocycles. The van der Waals surface area contributed by atoms with E-state index in [0.29, 0.717) is 0 Å². The molecule has 5 aromatic rings. The van der Waals surface area contributed by atoms with Gasteiger partial charge in [0, 0.05) is 20.2 Å². The monoisotopic (exact) mass is 392 g/mol. The SMILES string of the molecule is Cc1ccccc1-c1cc(-c2cc3c(cc2C)sc2ccccc23)c(C)cc1C. The molecular weight excluding hydrogens is 368 g/mol. The van der Waals surface area contributed by atoms with Crippen LogP contribution >= 0.6 is 11.3 Å². The van der Waals surface area contributed by atoms with Gasteiger partial charge < -0.3 is 0 Å². The Morgan fingerprint density at radius 3 is 1.86 bits per heavy atom. The summed E-state index contributed by atoms with van der Waals surface area (Å²) in [7, 11) is 0. The molecule has 29 heavy (non-hydrogen) atoms. The summed E-state index contributed by atoms with van der Waals surface area (Å²) in [6.45, 7) is 8.90. The van der Waals surface area contributed by atoms with Crippen molar-refractivity contribution in [2.24, 2.45) is 0 Å². The van der Waals surface area contributed by atoms with Crippen molar-refractivity contribution < 1.29 is 0 Å². The van der Waals surface area contributed by atoms with E-state index in [1.165, 1.54) is 64.7 Å². The Kier molecular flexibility index (Phi) is 4.29. The zero-order valence-corrected chi connectivity index (χ0v) is 18.2. The van der Waals surface area contributed by atoms with E-state index in [1.807, 2.05) is 11.3 Å². The number of rotatable bonds is 2. The Bertz CT molecular complexity index is 1380. The van der Waals surface area contributed by atoms with Gasteiger partial charge in [0.25, 0.3) is 0 Å². The minimum atomic E-state index is 1.32. The molecule has 4 aromatic carbocycles. The fourth-order valence-electron chi connectivity index (χ4n) is 4.47. The first-order valence-corrected chi connectivity index (χ1v) is 10.9. The molecule has 0 nitrogen and oxygen atoms in total. The molecule has 0 aliphatic carbocycles. The predicted octanol–water partition coefficient (Wildman–Crippen LogP) is 8.62. The normalized spacial score (nSPS) is 11.4. The quantitative estimate of drug-likeness (QED) is 0.282. The van der Waals surface area contributed by atoms with Crippen LogP contribution in [0.3, 0.4) is 0 Å². The van der Waals surface area contributed by atoms with Crippen molar-refractivity contribution in [3.63, 3.8) is 0 Å². The lowest BCUT2D eigenvalue weighted by atomic mass is 9.88. The molecule has 5 rings (SSSR count). The van der Waals surface area contributed by atoms with Gasteiger partial charge >= 0.3 is 0 Å². The standard InChI is InChI=1S/C28H24S/c1-17-9-5-6-10-21(17)23-15-24(19(3)13-18(23)2)25-16-26-22-11-7-8-12-27(22)29-28(26)14-20(25)4/h5-16H,1-4H3. The highest BCUT2D eigenvalue weighted by Gasteiger charge is 2.14. The summed E-state index contributed by atoms with van der Waals surface area (Å²) in [5, 5.41) is 2.72. The number of fused-ring (bicyclic) bond motifs is 3. The molecule has 0 amide bonds. The van der Waals surface area contributed by atoms with Gasteiger partial charge in [-0.15, -0.1) is 11.3 Å². The highest BCUT2D eigenvalue weighted by molar-refractivity contribution is 7.25. The fraction of sp³-hybridized carbons (Fsp3) is 0.143. The van der Waals surface area contributed by atoms with Crippen molar-refractivity contribution >= 4 is 31.5 Å². The average Bonchev–Trinajstić information content (AvgIpc) is 3.06. The van der Waals surface area contributed by atoms with E-state index >= 15 is 0 Å². The summed E-state index contributed by atoms with van der Waals surface area (Å²) < 4.78 is 2.73. The van der Waals surface area contributed by atoms with Crippen molar-refractivity contribution in [1.82, 2.24) is 0 Å². The van der Waals surface area contributed by atoms with Gasteiger partial charge in [-0.05, 0) is 96.5 Å². The molecule has 0 atom stereocenters. The van der Waals surface area contributed by atoms with Crippen molar-refractivity contribution in [2.45, 2.75) is 27.7 Å². The molecule has 1 aromatic heterocycles. The minimum absolute atomic E-state index is 1.32. The smallest absolute Gasteiger partial charge is 0.0358 e. The number of thiophene rings is 1. The van der Waals surface area contributed by atoms with Crippen LogP contribution in [0.15, 0.2) is 72.8 Å². The fourth-order valence-corrected chi connectivity index (χ4v) is 5.66. The predicted molar refractivity (Wildman–Crippen MR) is 129 cm³/mol. The Hall–Kier alpha value is -2.90. The van der Waals surface area contributed by atoms with Crippen LogP contribution in [0.2, 0.25) is 0 Å². The van der Waals surface area contributed by atoms with E-state index in [9.17, 15) is 0 Å². The first-order chi connectivity index (χ1) is 14.0. The van der Waals surface area contributed by atoms with Crippen LogP contribution in [-0.4, -0.2) is 0 Å². The highest BCUT2D eigenvalue weighted by atomic mass is 32.1. The summed E-state index contributed by atoms with van der Waals surface area (Å²) in [5.41, 5.74) is 10.7. The second-order valence-electron chi connectivity index (χ2n) is 8.06. The van der Waals surface area contributed by atoms with Gasteiger partial charge in [0.1, 0.15) is 0 Å². The van der Waals surface area contributed by atoms with Gasteiger partial charge in [-0.2, -0.15) is 0 Å². The van der Waals surface area contributed by atoms with Gasteiger partial charge in [-0.1, -0.05) is 48.5 Å². The minimum Gasteiger partial charge on any atom is -0.135 e. The number of hydrogen-bond acceptors (Lipinski definition) is 1. The number of benzene rings is 4. The zero-order chi connectivity index (χ0) is 20.1. The zero-order valence-electron chi connectivity index (χ0n) is 17.3. The van der Waals surface area contributed by atoms with Crippen LogP contribution in [0.5, 0.6) is 0 Å². The topological polar surface area (TPSA) is 0 Å². The first-order valence-electron chi connectivity index (χ1n) is 10.1. The maximum atomic E-state index is 2.41. The van der Waals surface area contributed by atoms with Crippen LogP contribution < -0.4 is 0 Å². The van der Waals surface area contributed by atoms with Gasteiger partial charge in [0.05, 0.1) is 0 Å². The number of hydrogen-bond donors (Lipinski definition) is 0. The Morgan fingerprint density at radius 2 is 1.07 bits per heavy atom. The summed E-state index contributed by atoms with van der Waals surface area (Å²) in [5.74, 6) is 0. The Morgan fingerprint density at radius 1 is 0.448 bits per heavy atom. The van der Waals surface area contributed by atoms with E-state index in [4.69, 9.17) is 0 Å². The lowest BCUT2D eigenvalue weighted by Gasteiger charge is -2.16. The lowest BCUT2D eigenvalue weighted by molar-refractivity contribution is 1.35. The van der Waals surface area contributed by atoms with Crippen LogP contribution in [-0.2, 0) is 0 Å². The van der Waals surface area contributed by atoms with Crippen LogP contribution in [0.25, 0.3) is 42.4 Å². The molecule has 0 fully saturated rings. The Labute approximate surface area is 176 Å². The number of aryl methyl sites for hydroxylation is 4. The summed E-state index contributed by atoms with van der Waals surface area (Å²) >= 11 is 1.89. The maximum absolute atomic E-state index is 2.41. The molecule has 1 heterocycles. The molecule has 1 heteroatoms. The van der Waals surface area contributed by atoms with Gasteiger partial charge in [0.2, 0.25) is 0 Å². The van der Waals surface area contributed by atoms with E-state index in [1.54, 1.807) is 0 Å². The molecule has 0 saturated carbocycles. The molecule has 0 N–H and O–H groups in total. The molecule has 142 valence electrons. The molecule has 0 aliphatic heterocycles. The molecular formula is C28H24S. The average molecular weight is 393 g/mol. The third kappa shape index (κ3) is 2.97. The van der Waals surface area contributed by atoms with E-state index < -0.39 is 0 Å². The van der Waals surface area contributed by atoms with Crippen LogP contribution in [0.1, 0.15) is 22.3 Å². The second kappa shape index (κ2) is 6.86. The largest absolute Gasteiger partial charge is 0.135 e. The van der Waals surface area contributed by atoms with Crippen LogP contribution in [0, 0.1) is 27.7 Å². The van der Waals surface area contributed by atoms with E-state index in [-0.39, 0.29) is 0 Å². The van der Waals surface area contributed by atoms with Crippen molar-refractivity contribution in [2.75, 3.05) is 0 Å². The molecule has 0 bridgehead atoms. The van der Waals surface area contributed by atoms with E-state index in [2.05, 4.69) is 100 Å². The third-order valence-corrected chi connectivity index (χ3v) is 7.15. The Balaban J connectivity index is 1.78. The summed E-state index contributed by atoms with van der Waals surface area (Å²) in [4.78, 5) is 0. The maximum Gasteiger partial charge on any atom is 0.0358 e. The molecule has 0 unspecified atom stereocenters. The lowest BCUT2D eigenvalue weighted by Crippen LogP contribution is -1.93. The van der Waals surface area contributed by atoms with Crippen molar-refractivity contribution in [3.8, 4) is 22.3 Å². The molecule has 0 radical (unpaired) electrons. The summed E-state index contributed by atoms with van der Waals surface area (Å²) in [6.07, 6.45) is 0. The van der Waals surface area contributed by atoms with Gasteiger partial charge in [-0.25, -0.2) is 0 Å². The van der Waals surface area contributed by atoms with Gasteiger partial charge in [0.15, 0.2) is 0 Å².